The second-order valence-corrected chi connectivity index (χ2v) is 7.61. The largest absolute Gasteiger partial charge is 0.445 e. The number of hydrogen-bond donors (Lipinski definition) is 0. The zero-order valence-corrected chi connectivity index (χ0v) is 15.3. The fourth-order valence-electron chi connectivity index (χ4n) is 3.42. The molecule has 2 atom stereocenters. The van der Waals surface area contributed by atoms with Crippen LogP contribution in [0.5, 0.6) is 0 Å². The number of rotatable bonds is 2. The van der Waals surface area contributed by atoms with Gasteiger partial charge in [-0.25, -0.2) is 14.5 Å². The molecule has 2 aliphatic heterocycles. The Hall–Kier alpha value is -2.57. The van der Waals surface area contributed by atoms with Gasteiger partial charge in [0.15, 0.2) is 0 Å². The molecule has 0 radical (unpaired) electrons. The molecule has 1 aromatic carbocycles. The van der Waals surface area contributed by atoms with Crippen LogP contribution in [0.25, 0.3) is 0 Å². The highest BCUT2D eigenvalue weighted by Gasteiger charge is 2.52. The predicted octanol–water partition coefficient (Wildman–Crippen LogP) is 2.93. The summed E-state index contributed by atoms with van der Waals surface area (Å²) in [6, 6.07) is 8.71. The number of likely N-dealkylation sites (tertiary alicyclic amines) is 2. The fraction of sp³-hybridized carbons (Fsp3) is 0.526. The minimum atomic E-state index is -0.678. The maximum atomic E-state index is 12.4. The van der Waals surface area contributed by atoms with Crippen molar-refractivity contribution in [2.24, 2.45) is 0 Å². The van der Waals surface area contributed by atoms with Crippen molar-refractivity contribution in [2.45, 2.75) is 57.9 Å². The van der Waals surface area contributed by atoms with Gasteiger partial charge in [-0.1, -0.05) is 30.3 Å². The molecule has 7 nitrogen and oxygen atoms in total. The van der Waals surface area contributed by atoms with Crippen molar-refractivity contribution in [1.82, 2.24) is 9.80 Å². The summed E-state index contributed by atoms with van der Waals surface area (Å²) in [4.78, 5) is 39.8. The third kappa shape index (κ3) is 3.81. The molecule has 3 rings (SSSR count). The van der Waals surface area contributed by atoms with Crippen molar-refractivity contribution in [2.75, 3.05) is 6.54 Å². The van der Waals surface area contributed by atoms with E-state index in [0.717, 1.165) is 5.56 Å². The summed E-state index contributed by atoms with van der Waals surface area (Å²) in [6.45, 7) is 5.90. The third-order valence-corrected chi connectivity index (χ3v) is 4.52. The van der Waals surface area contributed by atoms with Gasteiger partial charge in [-0.05, 0) is 32.8 Å². The highest BCUT2D eigenvalue weighted by atomic mass is 16.6. The molecule has 26 heavy (non-hydrogen) atoms. The van der Waals surface area contributed by atoms with Crippen molar-refractivity contribution in [3.8, 4) is 0 Å². The van der Waals surface area contributed by atoms with Gasteiger partial charge in [-0.15, -0.1) is 0 Å². The molecule has 2 fully saturated rings. The third-order valence-electron chi connectivity index (χ3n) is 4.52. The van der Waals surface area contributed by atoms with E-state index in [1.54, 1.807) is 25.7 Å². The van der Waals surface area contributed by atoms with Crippen molar-refractivity contribution >= 4 is 18.1 Å². The zero-order valence-electron chi connectivity index (χ0n) is 15.3. The van der Waals surface area contributed by atoms with E-state index >= 15 is 0 Å². The van der Waals surface area contributed by atoms with Gasteiger partial charge >= 0.3 is 12.2 Å². The Labute approximate surface area is 152 Å². The van der Waals surface area contributed by atoms with E-state index < -0.39 is 17.8 Å². The van der Waals surface area contributed by atoms with E-state index in [-0.39, 0.29) is 31.0 Å². The summed E-state index contributed by atoms with van der Waals surface area (Å²) in [5, 5.41) is 0. The lowest BCUT2D eigenvalue weighted by atomic mass is 10.1. The summed E-state index contributed by atoms with van der Waals surface area (Å²) >= 11 is 0. The molecule has 0 unspecified atom stereocenters. The highest BCUT2D eigenvalue weighted by molar-refractivity contribution is 5.95. The topological polar surface area (TPSA) is 76.2 Å². The quantitative estimate of drug-likeness (QED) is 0.810. The minimum absolute atomic E-state index is 0.115. The Bertz CT molecular complexity index is 698. The second-order valence-electron chi connectivity index (χ2n) is 7.61. The number of carbonyl (C=O) groups excluding carboxylic acids is 3. The Morgan fingerprint density at radius 1 is 1.12 bits per heavy atom. The van der Waals surface area contributed by atoms with E-state index in [9.17, 15) is 14.4 Å². The average molecular weight is 360 g/mol. The lowest BCUT2D eigenvalue weighted by molar-refractivity contribution is -0.128. The van der Waals surface area contributed by atoms with Crippen LogP contribution in [0.15, 0.2) is 30.3 Å². The molecule has 2 heterocycles. The average Bonchev–Trinajstić information content (AvgIpc) is 3.09. The van der Waals surface area contributed by atoms with Crippen LogP contribution in [0.1, 0.15) is 39.2 Å². The molecule has 2 saturated heterocycles. The van der Waals surface area contributed by atoms with Gasteiger partial charge in [0.25, 0.3) is 0 Å². The number of ether oxygens (including phenoxy) is 2. The van der Waals surface area contributed by atoms with E-state index in [4.69, 9.17) is 9.47 Å². The molecule has 0 saturated carbocycles. The van der Waals surface area contributed by atoms with E-state index in [2.05, 4.69) is 0 Å². The number of carbonyl (C=O) groups is 3. The number of imide groups is 1. The molecule has 0 aliphatic carbocycles. The lowest BCUT2D eigenvalue weighted by Gasteiger charge is -2.27. The molecule has 1 aromatic rings. The van der Waals surface area contributed by atoms with Gasteiger partial charge in [0.05, 0.1) is 12.1 Å². The molecule has 0 bridgehead atoms. The first-order valence-electron chi connectivity index (χ1n) is 8.78. The second kappa shape index (κ2) is 6.97. The van der Waals surface area contributed by atoms with Crippen LogP contribution in [0.2, 0.25) is 0 Å². The van der Waals surface area contributed by atoms with Crippen LogP contribution in [-0.4, -0.2) is 52.1 Å². The number of fused-ring (bicyclic) bond motifs is 1. The molecule has 0 spiro atoms. The summed E-state index contributed by atoms with van der Waals surface area (Å²) in [5.74, 6) is -0.310. The van der Waals surface area contributed by atoms with E-state index in [1.165, 1.54) is 4.90 Å². The molecular weight excluding hydrogens is 336 g/mol. The normalized spacial score (nSPS) is 22.3. The smallest absolute Gasteiger partial charge is 0.417 e. The van der Waals surface area contributed by atoms with Crippen LogP contribution >= 0.6 is 0 Å². The molecule has 140 valence electrons. The van der Waals surface area contributed by atoms with Gasteiger partial charge in [-0.2, -0.15) is 0 Å². The van der Waals surface area contributed by atoms with Gasteiger partial charge in [0.2, 0.25) is 5.91 Å². The molecule has 2 aliphatic rings. The number of amides is 3. The molecular formula is C19H24N2O5. The summed E-state index contributed by atoms with van der Waals surface area (Å²) < 4.78 is 10.7. The van der Waals surface area contributed by atoms with Crippen LogP contribution in [0.4, 0.5) is 9.59 Å². The fourth-order valence-corrected chi connectivity index (χ4v) is 3.42. The maximum absolute atomic E-state index is 12.4. The monoisotopic (exact) mass is 360 g/mol. The lowest BCUT2D eigenvalue weighted by Crippen LogP contribution is -2.44. The van der Waals surface area contributed by atoms with E-state index in [0.29, 0.717) is 13.0 Å². The van der Waals surface area contributed by atoms with Crippen molar-refractivity contribution in [1.29, 1.82) is 0 Å². The van der Waals surface area contributed by atoms with Crippen LogP contribution in [-0.2, 0) is 20.9 Å². The summed E-state index contributed by atoms with van der Waals surface area (Å²) in [7, 11) is 0. The standard InChI is InChI=1S/C19H24N2O5/c1-19(2,3)26-18(24)21-14-9-10-20(15(14)11-16(21)22)17(23)25-12-13-7-5-4-6-8-13/h4-8,14-15H,9-12H2,1-3H3/t14-,15+/m0/s1. The highest BCUT2D eigenvalue weighted by Crippen LogP contribution is 2.34. The zero-order chi connectivity index (χ0) is 18.9. The van der Waals surface area contributed by atoms with Crippen LogP contribution in [0.3, 0.4) is 0 Å². The van der Waals surface area contributed by atoms with Crippen molar-refractivity contribution in [3.05, 3.63) is 35.9 Å². The van der Waals surface area contributed by atoms with Gasteiger partial charge in [0, 0.05) is 13.0 Å². The first kappa shape index (κ1) is 18.2. The van der Waals surface area contributed by atoms with Crippen LogP contribution < -0.4 is 0 Å². The summed E-state index contributed by atoms with van der Waals surface area (Å²) in [5.41, 5.74) is 0.219. The van der Waals surface area contributed by atoms with Gasteiger partial charge in [0.1, 0.15) is 12.2 Å². The van der Waals surface area contributed by atoms with Gasteiger partial charge < -0.3 is 14.4 Å². The van der Waals surface area contributed by atoms with Gasteiger partial charge in [-0.3, -0.25) is 4.79 Å². The van der Waals surface area contributed by atoms with Crippen molar-refractivity contribution in [3.63, 3.8) is 0 Å². The Morgan fingerprint density at radius 3 is 2.46 bits per heavy atom. The molecule has 0 N–H and O–H groups in total. The molecule has 7 heteroatoms. The minimum Gasteiger partial charge on any atom is -0.445 e. The van der Waals surface area contributed by atoms with E-state index in [1.807, 2.05) is 30.3 Å². The summed E-state index contributed by atoms with van der Waals surface area (Å²) in [6.07, 6.45) is -0.449. The Balaban J connectivity index is 1.62. The molecule has 0 aromatic heterocycles. The Morgan fingerprint density at radius 2 is 1.81 bits per heavy atom. The maximum Gasteiger partial charge on any atom is 0.417 e. The van der Waals surface area contributed by atoms with Crippen LogP contribution in [0, 0.1) is 0 Å². The number of hydrogen-bond acceptors (Lipinski definition) is 5. The van der Waals surface area contributed by atoms with Crippen molar-refractivity contribution < 1.29 is 23.9 Å². The Kier molecular flexibility index (Phi) is 4.89. The number of benzene rings is 1. The SMILES string of the molecule is CC(C)(C)OC(=O)N1C(=O)C[C@@H]2[C@@H]1CCN2C(=O)OCc1ccccc1. The predicted molar refractivity (Wildman–Crippen MR) is 93.2 cm³/mol. The first-order chi connectivity index (χ1) is 12.3. The number of nitrogens with zero attached hydrogens (tertiary/aromatic N) is 2. The molecule has 3 amide bonds. The first-order valence-corrected chi connectivity index (χ1v) is 8.78.